The Kier molecular flexibility index (Phi) is 3.42. The summed E-state index contributed by atoms with van der Waals surface area (Å²) < 4.78 is 25.8. The first-order valence-corrected chi connectivity index (χ1v) is 8.53. The van der Waals surface area contributed by atoms with E-state index < -0.39 is 15.6 Å². The first-order valence-electron chi connectivity index (χ1n) is 4.93. The van der Waals surface area contributed by atoms with Gasteiger partial charge in [-0.1, -0.05) is 11.6 Å². The molecule has 100 valence electrons. The third kappa shape index (κ3) is 2.26. The van der Waals surface area contributed by atoms with Gasteiger partial charge in [-0.05, 0) is 28.9 Å². The average molecular weight is 373 g/mol. The Morgan fingerprint density at radius 1 is 1.67 bits per heavy atom. The van der Waals surface area contributed by atoms with Crippen molar-refractivity contribution in [2.45, 2.75) is 12.5 Å². The summed E-state index contributed by atoms with van der Waals surface area (Å²) in [6, 6.07) is 1.73. The smallest absolute Gasteiger partial charge is 0.239 e. The lowest BCUT2D eigenvalue weighted by Crippen LogP contribution is -2.50. The highest BCUT2D eigenvalue weighted by atomic mass is 79.9. The van der Waals surface area contributed by atoms with E-state index in [1.165, 1.54) is 18.4 Å². The van der Waals surface area contributed by atoms with Crippen molar-refractivity contribution in [3.8, 4) is 0 Å². The number of hydrogen-bond donors (Lipinski definition) is 1. The first-order chi connectivity index (χ1) is 8.16. The molecular formula is C9H11BrClN3O2S2. The molecule has 0 aromatic carbocycles. The molecule has 2 heterocycles. The van der Waals surface area contributed by atoms with Crippen molar-refractivity contribution in [3.63, 3.8) is 0 Å². The van der Waals surface area contributed by atoms with Gasteiger partial charge >= 0.3 is 0 Å². The summed E-state index contributed by atoms with van der Waals surface area (Å²) in [6.45, 7) is 1.72. The van der Waals surface area contributed by atoms with Gasteiger partial charge in [-0.2, -0.15) is 0 Å². The lowest BCUT2D eigenvalue weighted by atomic mass is 10.0. The van der Waals surface area contributed by atoms with Crippen LogP contribution >= 0.6 is 38.9 Å². The van der Waals surface area contributed by atoms with Crippen LogP contribution in [-0.4, -0.2) is 31.5 Å². The lowest BCUT2D eigenvalue weighted by Gasteiger charge is -2.33. The summed E-state index contributed by atoms with van der Waals surface area (Å²) >= 11 is 10.8. The van der Waals surface area contributed by atoms with Crippen LogP contribution in [0.5, 0.6) is 0 Å². The molecule has 0 saturated carbocycles. The summed E-state index contributed by atoms with van der Waals surface area (Å²) in [5.41, 5.74) is 4.73. The lowest BCUT2D eigenvalue weighted by molar-refractivity contribution is 0.482. The van der Waals surface area contributed by atoms with Crippen LogP contribution in [-0.2, 0) is 15.6 Å². The van der Waals surface area contributed by atoms with E-state index in [9.17, 15) is 8.42 Å². The van der Waals surface area contributed by atoms with Gasteiger partial charge < -0.3 is 5.73 Å². The number of halogens is 2. The van der Waals surface area contributed by atoms with Crippen molar-refractivity contribution in [2.75, 3.05) is 12.8 Å². The second-order valence-electron chi connectivity index (χ2n) is 4.20. The zero-order chi connectivity index (χ0) is 13.7. The molecule has 1 atom stereocenters. The van der Waals surface area contributed by atoms with Crippen molar-refractivity contribution >= 4 is 54.9 Å². The molecule has 1 aromatic rings. The van der Waals surface area contributed by atoms with Gasteiger partial charge in [-0.3, -0.25) is 0 Å². The number of rotatable bonds is 1. The molecule has 2 N–H and O–H groups in total. The summed E-state index contributed by atoms with van der Waals surface area (Å²) in [5.74, 6) is -0.173. The number of aliphatic imine (C=N–C) groups is 1. The van der Waals surface area contributed by atoms with Crippen molar-refractivity contribution in [1.82, 2.24) is 4.31 Å². The fraction of sp³-hybridized carbons (Fsp3) is 0.444. The maximum absolute atomic E-state index is 12.0. The highest BCUT2D eigenvalue weighted by Gasteiger charge is 2.42. The molecule has 0 fully saturated rings. The molecule has 0 aliphatic carbocycles. The predicted molar refractivity (Wildman–Crippen MR) is 77.6 cm³/mol. The zero-order valence-corrected chi connectivity index (χ0v) is 13.6. The number of nitrogens with two attached hydrogens (primary N) is 1. The number of nitrogens with zero attached hydrogens (tertiary/aromatic N) is 2. The van der Waals surface area contributed by atoms with E-state index in [4.69, 9.17) is 17.3 Å². The van der Waals surface area contributed by atoms with E-state index in [-0.39, 0.29) is 11.7 Å². The van der Waals surface area contributed by atoms with E-state index in [1.54, 1.807) is 13.0 Å². The normalized spacial score (nSPS) is 27.1. The van der Waals surface area contributed by atoms with Gasteiger partial charge in [0, 0.05) is 7.05 Å². The largest absolute Gasteiger partial charge is 0.369 e. The molecule has 5 nitrogen and oxygen atoms in total. The highest BCUT2D eigenvalue weighted by Crippen LogP contribution is 2.42. The Hall–Kier alpha value is -0.310. The van der Waals surface area contributed by atoms with Crippen LogP contribution in [0, 0.1) is 0 Å². The third-order valence-electron chi connectivity index (χ3n) is 2.71. The molecule has 0 saturated heterocycles. The summed E-state index contributed by atoms with van der Waals surface area (Å²) in [4.78, 5) is 4.97. The Bertz CT molecular complexity index is 628. The van der Waals surface area contributed by atoms with E-state index in [2.05, 4.69) is 20.9 Å². The van der Waals surface area contributed by atoms with Gasteiger partial charge in [0.25, 0.3) is 0 Å². The summed E-state index contributed by atoms with van der Waals surface area (Å²) in [5, 5.41) is 0.491. The monoisotopic (exact) mass is 371 g/mol. The Labute approximate surface area is 123 Å². The maximum Gasteiger partial charge on any atom is 0.239 e. The molecule has 18 heavy (non-hydrogen) atoms. The number of thiophene rings is 1. The molecule has 0 amide bonds. The molecule has 9 heteroatoms. The van der Waals surface area contributed by atoms with Crippen molar-refractivity contribution in [1.29, 1.82) is 0 Å². The molecule has 1 aromatic heterocycles. The van der Waals surface area contributed by atoms with Crippen molar-refractivity contribution in [3.05, 3.63) is 19.8 Å². The molecule has 1 aliphatic heterocycles. The van der Waals surface area contributed by atoms with E-state index in [1.807, 2.05) is 0 Å². The molecule has 2 rings (SSSR count). The minimum Gasteiger partial charge on any atom is -0.369 e. The van der Waals surface area contributed by atoms with Crippen LogP contribution in [0.4, 0.5) is 0 Å². The van der Waals surface area contributed by atoms with Crippen LogP contribution in [0.25, 0.3) is 0 Å². The fourth-order valence-corrected chi connectivity index (χ4v) is 5.51. The van der Waals surface area contributed by atoms with Crippen molar-refractivity contribution in [2.24, 2.45) is 10.7 Å². The highest BCUT2D eigenvalue weighted by molar-refractivity contribution is 9.11. The fourth-order valence-electron chi connectivity index (χ4n) is 1.77. The SMILES string of the molecule is CN1C(N)=N[C@](C)(c2sc(Br)cc2Cl)CS1(=O)=O. The van der Waals surface area contributed by atoms with Gasteiger partial charge in [0.2, 0.25) is 16.0 Å². The second-order valence-corrected chi connectivity index (χ2v) is 9.03. The van der Waals surface area contributed by atoms with Crippen LogP contribution in [0.15, 0.2) is 14.8 Å². The van der Waals surface area contributed by atoms with E-state index >= 15 is 0 Å². The van der Waals surface area contributed by atoms with Crippen LogP contribution in [0.2, 0.25) is 5.02 Å². The molecule has 0 bridgehead atoms. The summed E-state index contributed by atoms with van der Waals surface area (Å²) in [7, 11) is -2.08. The van der Waals surface area contributed by atoms with Gasteiger partial charge in [0.1, 0.15) is 5.54 Å². The Balaban J connectivity index is 2.60. The molecule has 1 aliphatic rings. The Morgan fingerprint density at radius 3 is 2.72 bits per heavy atom. The standard InChI is InChI=1S/C9H11BrClN3O2S2/c1-9(7-5(11)3-6(10)17-7)4-18(15,16)14(2)8(12)13-9/h3H,4H2,1-2H3,(H2,12,13)/t9-/m0/s1. The topological polar surface area (TPSA) is 75.8 Å². The first kappa shape index (κ1) is 14.1. The van der Waals surface area contributed by atoms with Gasteiger partial charge in [-0.25, -0.2) is 17.7 Å². The maximum atomic E-state index is 12.0. The number of hydrogen-bond acceptors (Lipinski definition) is 5. The number of sulfonamides is 1. The third-order valence-corrected chi connectivity index (χ3v) is 6.96. The van der Waals surface area contributed by atoms with Gasteiger partial charge in [0.15, 0.2) is 0 Å². The minimum absolute atomic E-state index is 0.0238. The zero-order valence-electron chi connectivity index (χ0n) is 9.65. The quantitative estimate of drug-likeness (QED) is 0.819. The van der Waals surface area contributed by atoms with Crippen LogP contribution < -0.4 is 5.73 Å². The van der Waals surface area contributed by atoms with Crippen molar-refractivity contribution < 1.29 is 8.42 Å². The molecular weight excluding hydrogens is 362 g/mol. The van der Waals surface area contributed by atoms with Crippen LogP contribution in [0.3, 0.4) is 0 Å². The Morgan fingerprint density at radius 2 is 2.28 bits per heavy atom. The minimum atomic E-state index is -3.46. The summed E-state index contributed by atoms with van der Waals surface area (Å²) in [6.07, 6.45) is 0. The molecule has 0 spiro atoms. The number of guanidine groups is 1. The van der Waals surface area contributed by atoms with Gasteiger partial charge in [-0.15, -0.1) is 11.3 Å². The van der Waals surface area contributed by atoms with E-state index in [0.29, 0.717) is 9.90 Å². The average Bonchev–Trinajstić information content (AvgIpc) is 2.54. The van der Waals surface area contributed by atoms with Crippen LogP contribution in [0.1, 0.15) is 11.8 Å². The predicted octanol–water partition coefficient (Wildman–Crippen LogP) is 1.97. The van der Waals surface area contributed by atoms with Gasteiger partial charge in [0.05, 0.1) is 19.4 Å². The second kappa shape index (κ2) is 4.36. The molecule has 0 radical (unpaired) electrons. The molecule has 0 unspecified atom stereocenters. The van der Waals surface area contributed by atoms with E-state index in [0.717, 1.165) is 8.09 Å².